The Balaban J connectivity index is 2.22. The molecule has 0 aromatic carbocycles. The minimum Gasteiger partial charge on any atom is -0.257 e. The van der Waals surface area contributed by atoms with Gasteiger partial charge in [-0.05, 0) is 41.6 Å². The molecule has 3 heterocycles. The summed E-state index contributed by atoms with van der Waals surface area (Å²) in [5.74, 6) is 0. The molecular weight excluding hydrogens is 274 g/mol. The van der Waals surface area contributed by atoms with E-state index >= 15 is 0 Å². The molecular formula is C17H15N3Si. The zero-order valence-corrected chi connectivity index (χ0v) is 13.8. The van der Waals surface area contributed by atoms with E-state index in [4.69, 9.17) is 0 Å². The molecule has 0 radical (unpaired) electrons. The van der Waals surface area contributed by atoms with Crippen LogP contribution in [0.15, 0.2) is 73.2 Å². The fraction of sp³-hybridized carbons (Fsp3) is 0. The molecule has 3 aromatic heterocycles. The molecule has 0 fully saturated rings. The normalized spacial score (nSPS) is 10.3. The van der Waals surface area contributed by atoms with Gasteiger partial charge in [0, 0.05) is 34.4 Å². The van der Waals surface area contributed by atoms with Gasteiger partial charge in [0.05, 0.1) is 17.1 Å². The first kappa shape index (κ1) is 13.4. The minimum absolute atomic E-state index is 0.867. The summed E-state index contributed by atoms with van der Waals surface area (Å²) < 4.78 is 0. The van der Waals surface area contributed by atoms with Gasteiger partial charge in [-0.3, -0.25) is 15.0 Å². The van der Waals surface area contributed by atoms with Crippen LogP contribution < -0.4 is 0 Å². The summed E-state index contributed by atoms with van der Waals surface area (Å²) in [6.45, 7) is 0. The van der Waals surface area contributed by atoms with Crippen molar-refractivity contribution in [2.75, 3.05) is 0 Å². The first-order chi connectivity index (χ1) is 10.4. The summed E-state index contributed by atoms with van der Waals surface area (Å²) in [4.78, 5) is 13.5. The molecule has 0 saturated heterocycles. The standard InChI is InChI=1S/C17H15N3Si/c21-17(15-9-3-6-12-20-15)16(13-7-1-4-10-18-13)14-8-2-5-11-19-14/h1-12H,21H3. The van der Waals surface area contributed by atoms with Gasteiger partial charge < -0.3 is 0 Å². The smallest absolute Gasteiger partial charge is 0.0722 e. The van der Waals surface area contributed by atoms with Gasteiger partial charge in [0.25, 0.3) is 0 Å². The zero-order chi connectivity index (χ0) is 14.5. The van der Waals surface area contributed by atoms with E-state index in [0.29, 0.717) is 0 Å². The monoisotopic (exact) mass is 289 g/mol. The Morgan fingerprint density at radius 2 is 1.05 bits per heavy atom. The van der Waals surface area contributed by atoms with Crippen LogP contribution in [-0.2, 0) is 0 Å². The predicted molar refractivity (Wildman–Crippen MR) is 88.6 cm³/mol. The van der Waals surface area contributed by atoms with E-state index < -0.39 is 0 Å². The Morgan fingerprint density at radius 3 is 1.43 bits per heavy atom. The second kappa shape index (κ2) is 6.24. The summed E-state index contributed by atoms with van der Waals surface area (Å²) in [6.07, 6.45) is 5.44. The SMILES string of the molecule is [SiH3]C(=C(c1ccccn1)c1ccccn1)c1ccccn1. The topological polar surface area (TPSA) is 38.7 Å². The van der Waals surface area contributed by atoms with E-state index in [1.54, 1.807) is 0 Å². The van der Waals surface area contributed by atoms with Crippen molar-refractivity contribution in [3.05, 3.63) is 90.3 Å². The molecule has 0 aliphatic heterocycles. The first-order valence-corrected chi connectivity index (χ1v) is 7.81. The van der Waals surface area contributed by atoms with Crippen LogP contribution in [0.2, 0.25) is 0 Å². The van der Waals surface area contributed by atoms with Gasteiger partial charge in [0.15, 0.2) is 0 Å². The Hall–Kier alpha value is -2.59. The lowest BCUT2D eigenvalue weighted by atomic mass is 10.1. The van der Waals surface area contributed by atoms with Crippen molar-refractivity contribution < 1.29 is 0 Å². The number of nitrogens with zero attached hydrogens (tertiary/aromatic N) is 3. The van der Waals surface area contributed by atoms with Crippen LogP contribution in [0, 0.1) is 0 Å². The summed E-state index contributed by atoms with van der Waals surface area (Å²) in [7, 11) is 0.867. The number of aromatic nitrogens is 3. The van der Waals surface area contributed by atoms with Crippen LogP contribution in [0.1, 0.15) is 17.1 Å². The Morgan fingerprint density at radius 1 is 0.619 bits per heavy atom. The number of hydrogen-bond acceptors (Lipinski definition) is 3. The Kier molecular flexibility index (Phi) is 3.98. The second-order valence-corrected chi connectivity index (χ2v) is 5.64. The van der Waals surface area contributed by atoms with E-state index in [1.807, 2.05) is 73.2 Å². The maximum Gasteiger partial charge on any atom is 0.0722 e. The minimum atomic E-state index is 0.867. The maximum atomic E-state index is 4.50. The molecule has 0 N–H and O–H groups in total. The largest absolute Gasteiger partial charge is 0.257 e. The lowest BCUT2D eigenvalue weighted by Crippen LogP contribution is -2.00. The molecule has 0 saturated carbocycles. The molecule has 0 bridgehead atoms. The second-order valence-electron chi connectivity index (χ2n) is 4.64. The molecule has 0 aliphatic carbocycles. The molecule has 102 valence electrons. The highest BCUT2D eigenvalue weighted by Crippen LogP contribution is 2.26. The molecule has 0 aliphatic rings. The number of pyridine rings is 3. The van der Waals surface area contributed by atoms with Crippen molar-refractivity contribution in [2.45, 2.75) is 0 Å². The van der Waals surface area contributed by atoms with Crippen molar-refractivity contribution in [3.8, 4) is 0 Å². The predicted octanol–water partition coefficient (Wildman–Crippen LogP) is 2.15. The van der Waals surface area contributed by atoms with E-state index in [1.165, 1.54) is 5.20 Å². The van der Waals surface area contributed by atoms with Crippen molar-refractivity contribution >= 4 is 21.0 Å². The summed E-state index contributed by atoms with van der Waals surface area (Å²) in [5.41, 5.74) is 3.94. The molecule has 3 rings (SSSR count). The quantitative estimate of drug-likeness (QED) is 0.694. The molecule has 21 heavy (non-hydrogen) atoms. The molecule has 0 atom stereocenters. The summed E-state index contributed by atoms with van der Waals surface area (Å²) >= 11 is 0. The van der Waals surface area contributed by atoms with Gasteiger partial charge in [0.2, 0.25) is 0 Å². The highest BCUT2D eigenvalue weighted by atomic mass is 28.1. The third kappa shape index (κ3) is 2.95. The third-order valence-electron chi connectivity index (χ3n) is 3.27. The van der Waals surface area contributed by atoms with Crippen LogP contribution in [-0.4, -0.2) is 25.2 Å². The molecule has 3 nitrogen and oxygen atoms in total. The van der Waals surface area contributed by atoms with Crippen LogP contribution in [0.4, 0.5) is 0 Å². The van der Waals surface area contributed by atoms with E-state index in [-0.39, 0.29) is 0 Å². The zero-order valence-electron chi connectivity index (χ0n) is 11.8. The van der Waals surface area contributed by atoms with Crippen LogP contribution in [0.5, 0.6) is 0 Å². The molecule has 3 aromatic rings. The fourth-order valence-electron chi connectivity index (χ4n) is 2.25. The van der Waals surface area contributed by atoms with Crippen molar-refractivity contribution in [2.24, 2.45) is 0 Å². The lowest BCUT2D eigenvalue weighted by molar-refractivity contribution is 1.22. The average Bonchev–Trinajstić information content (AvgIpc) is 2.58. The number of hydrogen-bond donors (Lipinski definition) is 0. The van der Waals surface area contributed by atoms with Gasteiger partial charge >= 0.3 is 0 Å². The highest BCUT2D eigenvalue weighted by molar-refractivity contribution is 6.47. The highest BCUT2D eigenvalue weighted by Gasteiger charge is 2.12. The molecule has 0 amide bonds. The number of rotatable bonds is 3. The van der Waals surface area contributed by atoms with Crippen LogP contribution in [0.25, 0.3) is 10.8 Å². The average molecular weight is 289 g/mol. The van der Waals surface area contributed by atoms with Gasteiger partial charge in [-0.1, -0.05) is 18.2 Å². The molecule has 0 unspecified atom stereocenters. The summed E-state index contributed by atoms with van der Waals surface area (Å²) in [6, 6.07) is 17.9. The summed E-state index contributed by atoms with van der Waals surface area (Å²) in [5, 5.41) is 1.20. The van der Waals surface area contributed by atoms with E-state index in [2.05, 4.69) is 15.0 Å². The van der Waals surface area contributed by atoms with Crippen molar-refractivity contribution in [1.29, 1.82) is 0 Å². The van der Waals surface area contributed by atoms with Gasteiger partial charge in [-0.25, -0.2) is 0 Å². The Bertz CT molecular complexity index is 699. The van der Waals surface area contributed by atoms with Gasteiger partial charge in [0.1, 0.15) is 0 Å². The van der Waals surface area contributed by atoms with Crippen LogP contribution in [0.3, 0.4) is 0 Å². The Labute approximate surface area is 126 Å². The molecule has 0 spiro atoms. The van der Waals surface area contributed by atoms with Gasteiger partial charge in [-0.2, -0.15) is 0 Å². The third-order valence-corrected chi connectivity index (χ3v) is 4.28. The lowest BCUT2D eigenvalue weighted by Gasteiger charge is -2.11. The van der Waals surface area contributed by atoms with E-state index in [0.717, 1.165) is 32.9 Å². The van der Waals surface area contributed by atoms with E-state index in [9.17, 15) is 0 Å². The van der Waals surface area contributed by atoms with Crippen LogP contribution >= 0.6 is 0 Å². The maximum absolute atomic E-state index is 4.50. The first-order valence-electron chi connectivity index (χ1n) is 6.81. The molecule has 4 heteroatoms. The van der Waals surface area contributed by atoms with Gasteiger partial charge in [-0.15, -0.1) is 0 Å². The fourth-order valence-corrected chi connectivity index (χ4v) is 3.06. The van der Waals surface area contributed by atoms with Crippen molar-refractivity contribution in [1.82, 2.24) is 15.0 Å². The van der Waals surface area contributed by atoms with Crippen molar-refractivity contribution in [3.63, 3.8) is 0 Å².